The monoisotopic (exact) mass is 348 g/mol. The predicted molar refractivity (Wildman–Crippen MR) is 89.3 cm³/mol. The van der Waals surface area contributed by atoms with E-state index in [-0.39, 0.29) is 5.54 Å². The van der Waals surface area contributed by atoms with Crippen molar-refractivity contribution in [2.45, 2.75) is 39.5 Å². The lowest BCUT2D eigenvalue weighted by Gasteiger charge is -2.21. The molecule has 112 valence electrons. The molecule has 1 aromatic carbocycles. The van der Waals surface area contributed by atoms with Gasteiger partial charge in [0.05, 0.1) is 6.20 Å². The average Bonchev–Trinajstić information content (AvgIpc) is 2.44. The van der Waals surface area contributed by atoms with Crippen molar-refractivity contribution in [3.8, 4) is 5.75 Å². The number of benzene rings is 1. The molecule has 0 spiro atoms. The van der Waals surface area contributed by atoms with Gasteiger partial charge < -0.3 is 10.1 Å². The molecule has 3 nitrogen and oxygen atoms in total. The molecule has 2 aromatic rings. The fourth-order valence-corrected chi connectivity index (χ4v) is 2.22. The van der Waals surface area contributed by atoms with Gasteiger partial charge in [-0.15, -0.1) is 0 Å². The van der Waals surface area contributed by atoms with Crippen molar-refractivity contribution in [1.29, 1.82) is 0 Å². The molecule has 0 aliphatic carbocycles. The number of nitrogens with zero attached hydrogens (tertiary/aromatic N) is 1. The fourth-order valence-electron chi connectivity index (χ4n) is 1.82. The van der Waals surface area contributed by atoms with Crippen LogP contribution in [0.1, 0.15) is 31.9 Å². The highest BCUT2D eigenvalue weighted by Crippen LogP contribution is 2.21. The first kappa shape index (κ1) is 16.0. The molecule has 2 rings (SSSR count). The zero-order chi connectivity index (χ0) is 15.3. The summed E-state index contributed by atoms with van der Waals surface area (Å²) in [4.78, 5) is 4.16. The minimum Gasteiger partial charge on any atom is -0.487 e. The molecule has 21 heavy (non-hydrogen) atoms. The summed E-state index contributed by atoms with van der Waals surface area (Å²) in [5.41, 5.74) is 2.31. The van der Waals surface area contributed by atoms with Crippen molar-refractivity contribution in [3.05, 3.63) is 58.3 Å². The van der Waals surface area contributed by atoms with Crippen LogP contribution in [0.25, 0.3) is 0 Å². The van der Waals surface area contributed by atoms with Crippen LogP contribution in [0.3, 0.4) is 0 Å². The number of rotatable bonds is 5. The zero-order valence-electron chi connectivity index (χ0n) is 12.7. The van der Waals surface area contributed by atoms with Crippen LogP contribution in [0.4, 0.5) is 0 Å². The van der Waals surface area contributed by atoms with E-state index < -0.39 is 0 Å². The minimum absolute atomic E-state index is 0.0724. The van der Waals surface area contributed by atoms with E-state index in [1.807, 2.05) is 30.3 Å². The van der Waals surface area contributed by atoms with Gasteiger partial charge in [0.25, 0.3) is 0 Å². The number of hydrogen-bond donors (Lipinski definition) is 1. The molecule has 0 atom stereocenters. The van der Waals surface area contributed by atoms with Crippen LogP contribution in [0.2, 0.25) is 0 Å². The highest BCUT2D eigenvalue weighted by molar-refractivity contribution is 9.10. The Kier molecular flexibility index (Phi) is 5.37. The van der Waals surface area contributed by atoms with Gasteiger partial charge in [0.1, 0.15) is 12.4 Å². The Balaban J connectivity index is 2.05. The minimum atomic E-state index is 0.0724. The third-order valence-electron chi connectivity index (χ3n) is 3.02. The normalized spacial score (nSPS) is 11.4. The second-order valence-corrected chi connectivity index (χ2v) is 6.82. The average molecular weight is 349 g/mol. The van der Waals surface area contributed by atoms with E-state index in [0.29, 0.717) is 6.61 Å². The zero-order valence-corrected chi connectivity index (χ0v) is 14.3. The first-order chi connectivity index (χ1) is 9.96. The van der Waals surface area contributed by atoms with Crippen LogP contribution in [0.15, 0.2) is 47.2 Å². The maximum atomic E-state index is 5.94. The van der Waals surface area contributed by atoms with Gasteiger partial charge in [-0.05, 0) is 32.9 Å². The molecule has 0 amide bonds. The number of nitrogens with one attached hydrogen (secondary N) is 1. The van der Waals surface area contributed by atoms with E-state index in [1.165, 1.54) is 0 Å². The molecular formula is C17H21BrN2O. The van der Waals surface area contributed by atoms with Crippen LogP contribution in [0, 0.1) is 0 Å². The van der Waals surface area contributed by atoms with Crippen molar-refractivity contribution < 1.29 is 4.74 Å². The van der Waals surface area contributed by atoms with Gasteiger partial charge >= 0.3 is 0 Å². The van der Waals surface area contributed by atoms with Crippen molar-refractivity contribution in [1.82, 2.24) is 10.3 Å². The molecule has 1 N–H and O–H groups in total. The van der Waals surface area contributed by atoms with Gasteiger partial charge in [0.2, 0.25) is 0 Å². The van der Waals surface area contributed by atoms with Gasteiger partial charge in [-0.3, -0.25) is 4.98 Å². The van der Waals surface area contributed by atoms with Gasteiger partial charge in [-0.25, -0.2) is 0 Å². The SMILES string of the molecule is CC(C)(C)NCc1ccncc1OCc1ccccc1Br. The van der Waals surface area contributed by atoms with Crippen LogP contribution in [-0.4, -0.2) is 10.5 Å². The highest BCUT2D eigenvalue weighted by Gasteiger charge is 2.11. The molecule has 0 saturated heterocycles. The number of aromatic nitrogens is 1. The third kappa shape index (κ3) is 5.14. The van der Waals surface area contributed by atoms with Gasteiger partial charge in [-0.1, -0.05) is 34.1 Å². The Morgan fingerprint density at radius 3 is 2.62 bits per heavy atom. The molecule has 0 aliphatic heterocycles. The summed E-state index contributed by atoms with van der Waals surface area (Å²) < 4.78 is 7.00. The Hall–Kier alpha value is -1.39. The van der Waals surface area contributed by atoms with Crippen molar-refractivity contribution in [3.63, 3.8) is 0 Å². The second-order valence-electron chi connectivity index (χ2n) is 5.97. The van der Waals surface area contributed by atoms with Crippen molar-refractivity contribution >= 4 is 15.9 Å². The molecule has 0 aliphatic rings. The summed E-state index contributed by atoms with van der Waals surface area (Å²) in [5.74, 6) is 0.824. The van der Waals surface area contributed by atoms with E-state index in [1.54, 1.807) is 12.4 Å². The lowest BCUT2D eigenvalue weighted by Crippen LogP contribution is -2.35. The smallest absolute Gasteiger partial charge is 0.142 e. The molecule has 0 bridgehead atoms. The summed E-state index contributed by atoms with van der Waals surface area (Å²) in [7, 11) is 0. The van der Waals surface area contributed by atoms with Crippen LogP contribution in [-0.2, 0) is 13.2 Å². The van der Waals surface area contributed by atoms with Gasteiger partial charge in [-0.2, -0.15) is 0 Å². The molecule has 0 radical (unpaired) electrons. The van der Waals surface area contributed by atoms with E-state index in [4.69, 9.17) is 4.74 Å². The van der Waals surface area contributed by atoms with E-state index in [2.05, 4.69) is 47.0 Å². The lowest BCUT2D eigenvalue weighted by molar-refractivity contribution is 0.298. The molecule has 1 aromatic heterocycles. The Morgan fingerprint density at radius 1 is 1.14 bits per heavy atom. The molecule has 0 fully saturated rings. The van der Waals surface area contributed by atoms with E-state index in [9.17, 15) is 0 Å². The van der Waals surface area contributed by atoms with Crippen LogP contribution >= 0.6 is 15.9 Å². The van der Waals surface area contributed by atoms with E-state index >= 15 is 0 Å². The van der Waals surface area contributed by atoms with Gasteiger partial charge in [0, 0.05) is 33.9 Å². The number of hydrogen-bond acceptors (Lipinski definition) is 3. The number of pyridine rings is 1. The van der Waals surface area contributed by atoms with Crippen LogP contribution in [0.5, 0.6) is 5.75 Å². The maximum Gasteiger partial charge on any atom is 0.142 e. The molecule has 1 heterocycles. The predicted octanol–water partition coefficient (Wildman–Crippen LogP) is 4.31. The quantitative estimate of drug-likeness (QED) is 0.873. The Labute approximate surface area is 134 Å². The summed E-state index contributed by atoms with van der Waals surface area (Å²) in [6.45, 7) is 7.73. The maximum absolute atomic E-state index is 5.94. The summed E-state index contributed by atoms with van der Waals surface area (Å²) >= 11 is 3.54. The second kappa shape index (κ2) is 7.05. The Morgan fingerprint density at radius 2 is 1.90 bits per heavy atom. The summed E-state index contributed by atoms with van der Waals surface area (Å²) in [6, 6.07) is 10.1. The standard InChI is InChI=1S/C17H21BrN2O/c1-17(2,3)20-10-13-8-9-19-11-16(13)21-12-14-6-4-5-7-15(14)18/h4-9,11,20H,10,12H2,1-3H3. The number of halogens is 1. The molecule has 4 heteroatoms. The lowest BCUT2D eigenvalue weighted by atomic mass is 10.1. The number of ether oxygens (including phenoxy) is 1. The molecule has 0 unspecified atom stereocenters. The third-order valence-corrected chi connectivity index (χ3v) is 3.79. The molecular weight excluding hydrogens is 328 g/mol. The first-order valence-electron chi connectivity index (χ1n) is 7.00. The van der Waals surface area contributed by atoms with Crippen LogP contribution < -0.4 is 10.1 Å². The molecule has 0 saturated carbocycles. The van der Waals surface area contributed by atoms with Crippen molar-refractivity contribution in [2.24, 2.45) is 0 Å². The summed E-state index contributed by atoms with van der Waals surface area (Å²) in [5, 5.41) is 3.47. The highest BCUT2D eigenvalue weighted by atomic mass is 79.9. The fraction of sp³-hybridized carbons (Fsp3) is 0.353. The Bertz CT molecular complexity index is 593. The van der Waals surface area contributed by atoms with E-state index in [0.717, 1.165) is 27.9 Å². The van der Waals surface area contributed by atoms with Crippen molar-refractivity contribution in [2.75, 3.05) is 0 Å². The van der Waals surface area contributed by atoms with Gasteiger partial charge in [0.15, 0.2) is 0 Å². The summed E-state index contributed by atoms with van der Waals surface area (Å²) in [6.07, 6.45) is 3.57. The largest absolute Gasteiger partial charge is 0.487 e. The topological polar surface area (TPSA) is 34.2 Å². The first-order valence-corrected chi connectivity index (χ1v) is 7.79.